The van der Waals surface area contributed by atoms with Crippen molar-refractivity contribution in [1.29, 1.82) is 0 Å². The lowest BCUT2D eigenvalue weighted by molar-refractivity contribution is 0.290. The lowest BCUT2D eigenvalue weighted by Crippen LogP contribution is -2.46. The molecule has 1 N–H and O–H groups in total. The normalized spacial score (nSPS) is 23.1. The molecule has 0 amide bonds. The molecule has 100 valence electrons. The molecule has 18 heavy (non-hydrogen) atoms. The zero-order valence-electron chi connectivity index (χ0n) is 11.4. The van der Waals surface area contributed by atoms with Crippen LogP contribution >= 0.6 is 11.8 Å². The number of amidine groups is 1. The van der Waals surface area contributed by atoms with Crippen molar-refractivity contribution < 1.29 is 0 Å². The molecular weight excluding hydrogens is 244 g/mol. The first-order valence-corrected chi connectivity index (χ1v) is 7.45. The molecule has 0 radical (unpaired) electrons. The zero-order valence-corrected chi connectivity index (χ0v) is 12.2. The number of rotatable bonds is 3. The van der Waals surface area contributed by atoms with Crippen molar-refractivity contribution in [3.63, 3.8) is 0 Å². The first kappa shape index (κ1) is 13.5. The van der Waals surface area contributed by atoms with Gasteiger partial charge >= 0.3 is 0 Å². The number of thioether (sulfide) groups is 1. The highest BCUT2D eigenvalue weighted by molar-refractivity contribution is 8.13. The van der Waals surface area contributed by atoms with Crippen molar-refractivity contribution in [3.8, 4) is 0 Å². The maximum Gasteiger partial charge on any atom is 0.156 e. The zero-order chi connectivity index (χ0) is 13.0. The van der Waals surface area contributed by atoms with Crippen LogP contribution in [0.15, 0.2) is 23.5 Å². The van der Waals surface area contributed by atoms with Crippen LogP contribution in [-0.2, 0) is 6.54 Å². The molecule has 1 fully saturated rings. The van der Waals surface area contributed by atoms with Gasteiger partial charge in [-0.3, -0.25) is 9.67 Å². The molecule has 0 saturated carbocycles. The molecule has 1 aliphatic rings. The summed E-state index contributed by atoms with van der Waals surface area (Å²) < 4.78 is 1.92. The predicted molar refractivity (Wildman–Crippen MR) is 78.0 cm³/mol. The SMILES string of the molecule is CC(C)(C)C1CCSC(=NCCn2cccn2)N1. The molecule has 1 aliphatic heterocycles. The Balaban J connectivity index is 1.85. The van der Waals surface area contributed by atoms with Crippen LogP contribution in [0.5, 0.6) is 0 Å². The molecule has 1 atom stereocenters. The average Bonchev–Trinajstić information content (AvgIpc) is 2.81. The summed E-state index contributed by atoms with van der Waals surface area (Å²) in [5.74, 6) is 1.16. The van der Waals surface area contributed by atoms with Crippen LogP contribution in [0.25, 0.3) is 0 Å². The van der Waals surface area contributed by atoms with Gasteiger partial charge in [0.2, 0.25) is 0 Å². The summed E-state index contributed by atoms with van der Waals surface area (Å²) in [6, 6.07) is 2.47. The molecule has 1 aromatic rings. The topological polar surface area (TPSA) is 42.2 Å². The monoisotopic (exact) mass is 266 g/mol. The van der Waals surface area contributed by atoms with Crippen LogP contribution < -0.4 is 5.32 Å². The van der Waals surface area contributed by atoms with E-state index in [4.69, 9.17) is 0 Å². The van der Waals surface area contributed by atoms with Crippen molar-refractivity contribution in [2.45, 2.75) is 39.8 Å². The number of aromatic nitrogens is 2. The average molecular weight is 266 g/mol. The molecule has 1 unspecified atom stereocenters. The Morgan fingerprint density at radius 2 is 2.39 bits per heavy atom. The number of nitrogens with zero attached hydrogens (tertiary/aromatic N) is 3. The number of nitrogens with one attached hydrogen (secondary N) is 1. The van der Waals surface area contributed by atoms with Gasteiger partial charge in [0.05, 0.1) is 13.1 Å². The van der Waals surface area contributed by atoms with E-state index in [9.17, 15) is 0 Å². The standard InChI is InChI=1S/C13H22N4S/c1-13(2,3)11-5-10-18-12(16-11)14-7-9-17-8-4-6-15-17/h4,6,8,11H,5,7,9-10H2,1-3H3,(H,14,16). The van der Waals surface area contributed by atoms with Gasteiger partial charge in [-0.1, -0.05) is 32.5 Å². The van der Waals surface area contributed by atoms with Crippen LogP contribution in [0, 0.1) is 5.41 Å². The minimum absolute atomic E-state index is 0.295. The fourth-order valence-electron chi connectivity index (χ4n) is 1.96. The van der Waals surface area contributed by atoms with Gasteiger partial charge in [0.15, 0.2) is 5.17 Å². The molecule has 0 bridgehead atoms. The maximum absolute atomic E-state index is 4.63. The summed E-state index contributed by atoms with van der Waals surface area (Å²) in [5, 5.41) is 8.82. The molecule has 1 saturated heterocycles. The number of hydrogen-bond acceptors (Lipinski definition) is 3. The number of hydrogen-bond donors (Lipinski definition) is 1. The lowest BCUT2D eigenvalue weighted by atomic mass is 9.85. The molecule has 2 heterocycles. The Labute approximate surface area is 113 Å². The molecule has 0 spiro atoms. The third-order valence-electron chi connectivity index (χ3n) is 3.13. The highest BCUT2D eigenvalue weighted by Gasteiger charge is 2.28. The van der Waals surface area contributed by atoms with Gasteiger partial charge < -0.3 is 5.32 Å². The maximum atomic E-state index is 4.63. The van der Waals surface area contributed by atoms with E-state index >= 15 is 0 Å². The van der Waals surface area contributed by atoms with Crippen LogP contribution in [0.2, 0.25) is 0 Å². The summed E-state index contributed by atoms with van der Waals surface area (Å²) in [5.41, 5.74) is 0.295. The number of aliphatic imine (C=N–C) groups is 1. The largest absolute Gasteiger partial charge is 0.362 e. The summed E-state index contributed by atoms with van der Waals surface area (Å²) in [7, 11) is 0. The van der Waals surface area contributed by atoms with Gasteiger partial charge in [-0.15, -0.1) is 0 Å². The first-order chi connectivity index (χ1) is 8.55. The first-order valence-electron chi connectivity index (χ1n) is 6.47. The van der Waals surface area contributed by atoms with Crippen molar-refractivity contribution in [1.82, 2.24) is 15.1 Å². The minimum atomic E-state index is 0.295. The second kappa shape index (κ2) is 5.78. The Morgan fingerprint density at radius 1 is 1.56 bits per heavy atom. The molecule has 2 rings (SSSR count). The Morgan fingerprint density at radius 3 is 3.06 bits per heavy atom. The van der Waals surface area contributed by atoms with Gasteiger partial charge in [0.1, 0.15) is 0 Å². The van der Waals surface area contributed by atoms with Gasteiger partial charge in [-0.2, -0.15) is 5.10 Å². The van der Waals surface area contributed by atoms with Crippen molar-refractivity contribution in [3.05, 3.63) is 18.5 Å². The Hall–Kier alpha value is -0.970. The fourth-order valence-corrected chi connectivity index (χ4v) is 2.92. The van der Waals surface area contributed by atoms with E-state index in [1.54, 1.807) is 6.20 Å². The van der Waals surface area contributed by atoms with Crippen LogP contribution in [0.4, 0.5) is 0 Å². The quantitative estimate of drug-likeness (QED) is 0.913. The fraction of sp³-hybridized carbons (Fsp3) is 0.692. The highest BCUT2D eigenvalue weighted by atomic mass is 32.2. The van der Waals surface area contributed by atoms with Gasteiger partial charge in [0, 0.05) is 24.2 Å². The van der Waals surface area contributed by atoms with Crippen molar-refractivity contribution in [2.75, 3.05) is 12.3 Å². The predicted octanol–water partition coefficient (Wildman–Crippen LogP) is 2.38. The van der Waals surface area contributed by atoms with Gasteiger partial charge in [-0.05, 0) is 17.9 Å². The second-order valence-corrected chi connectivity index (χ2v) is 6.74. The minimum Gasteiger partial charge on any atom is -0.362 e. The van der Waals surface area contributed by atoms with E-state index in [0.717, 1.165) is 24.0 Å². The van der Waals surface area contributed by atoms with E-state index in [0.29, 0.717) is 11.5 Å². The summed E-state index contributed by atoms with van der Waals surface area (Å²) in [6.45, 7) is 8.47. The summed E-state index contributed by atoms with van der Waals surface area (Å²) in [6.07, 6.45) is 4.99. The molecule has 1 aromatic heterocycles. The van der Waals surface area contributed by atoms with Crippen molar-refractivity contribution in [2.24, 2.45) is 10.4 Å². The van der Waals surface area contributed by atoms with Crippen LogP contribution in [0.3, 0.4) is 0 Å². The van der Waals surface area contributed by atoms with E-state index in [2.05, 4.69) is 36.2 Å². The Bertz CT molecular complexity index is 392. The summed E-state index contributed by atoms with van der Waals surface area (Å²) >= 11 is 1.83. The second-order valence-electron chi connectivity index (χ2n) is 5.66. The van der Waals surface area contributed by atoms with Crippen LogP contribution in [-0.4, -0.2) is 33.3 Å². The molecule has 0 aromatic carbocycles. The Kier molecular flexibility index (Phi) is 4.32. The summed E-state index contributed by atoms with van der Waals surface area (Å²) in [4.78, 5) is 4.63. The van der Waals surface area contributed by atoms with E-state index in [1.807, 2.05) is 28.7 Å². The van der Waals surface area contributed by atoms with Gasteiger partial charge in [-0.25, -0.2) is 0 Å². The van der Waals surface area contributed by atoms with Crippen molar-refractivity contribution >= 4 is 16.9 Å². The highest BCUT2D eigenvalue weighted by Crippen LogP contribution is 2.27. The third kappa shape index (κ3) is 3.77. The van der Waals surface area contributed by atoms with E-state index in [1.165, 1.54) is 6.42 Å². The molecule has 5 heteroatoms. The lowest BCUT2D eigenvalue weighted by Gasteiger charge is -2.35. The van der Waals surface area contributed by atoms with Gasteiger partial charge in [0.25, 0.3) is 0 Å². The third-order valence-corrected chi connectivity index (χ3v) is 4.09. The van der Waals surface area contributed by atoms with E-state index in [-0.39, 0.29) is 0 Å². The molecular formula is C13H22N4S. The molecule has 4 nitrogen and oxygen atoms in total. The molecule has 0 aliphatic carbocycles. The smallest absolute Gasteiger partial charge is 0.156 e. The van der Waals surface area contributed by atoms with Crippen LogP contribution in [0.1, 0.15) is 27.2 Å². The van der Waals surface area contributed by atoms with E-state index < -0.39 is 0 Å².